The molecule has 24 heteroatoms. The fourth-order valence-electron chi connectivity index (χ4n) is 6.74. The number of methoxy groups -OCH3 is 4. The number of aromatic nitrogens is 6. The van der Waals surface area contributed by atoms with E-state index in [2.05, 4.69) is 35.6 Å². The molecule has 0 aliphatic carbocycles. The predicted octanol–water partition coefficient (Wildman–Crippen LogP) is 11.2. The number of nitrogens with one attached hydrogen (secondary N) is 3. The number of nitriles is 1. The number of pyridine rings is 4. The molecule has 0 saturated heterocycles. The van der Waals surface area contributed by atoms with Crippen LogP contribution in [0.2, 0.25) is 5.02 Å². The molecule has 0 aliphatic heterocycles. The smallest absolute Gasteiger partial charge is 0.331 e. The van der Waals surface area contributed by atoms with E-state index in [1.807, 2.05) is 107 Å². The van der Waals surface area contributed by atoms with E-state index in [9.17, 15) is 25.0 Å². The summed E-state index contributed by atoms with van der Waals surface area (Å²) in [5.74, 6) is 3.21. The van der Waals surface area contributed by atoms with Gasteiger partial charge in [-0.3, -0.25) is 44.7 Å². The molecule has 0 aliphatic rings. The number of hydrogen-bond donors (Lipinski definition) is 6. The van der Waals surface area contributed by atoms with Gasteiger partial charge in [0.25, 0.3) is 0 Å². The van der Waals surface area contributed by atoms with Gasteiger partial charge in [-0.2, -0.15) is 5.26 Å². The summed E-state index contributed by atoms with van der Waals surface area (Å²) in [7, 11) is 7.52. The molecule has 9 rings (SSSR count). The Kier molecular flexibility index (Phi) is 26.4. The molecule has 5 heterocycles. The molecule has 0 spiro atoms. The van der Waals surface area contributed by atoms with Crippen LogP contribution >= 0.6 is 11.6 Å². The summed E-state index contributed by atoms with van der Waals surface area (Å²) in [5.41, 5.74) is 21.9. The maximum atomic E-state index is 12.1. The fourth-order valence-corrected chi connectivity index (χ4v) is 6.91. The van der Waals surface area contributed by atoms with Crippen molar-refractivity contribution in [2.24, 2.45) is 0 Å². The molecule has 5 aromatic heterocycles. The number of H-pyrrole nitrogens is 1. The Balaban J connectivity index is 0.000000263. The number of aryl methyl sites for hydroxylation is 4. The van der Waals surface area contributed by atoms with Gasteiger partial charge in [-0.1, -0.05) is 11.6 Å². The lowest BCUT2D eigenvalue weighted by Gasteiger charge is -2.12. The average Bonchev–Trinajstić information content (AvgIpc) is 3.83. The second kappa shape index (κ2) is 33.0. The molecule has 0 atom stereocenters. The molecular weight excluding hydrogens is 1050 g/mol. The second-order valence-electron chi connectivity index (χ2n) is 16.1. The molecule has 0 unspecified atom stereocenters. The van der Waals surface area contributed by atoms with Gasteiger partial charge in [0.15, 0.2) is 0 Å². The van der Waals surface area contributed by atoms with Crippen LogP contribution in [0.3, 0.4) is 0 Å². The first-order valence-corrected chi connectivity index (χ1v) is 24.0. The molecular formula is C56H62ClN13O10. The topological polar surface area (TPSA) is 333 Å². The summed E-state index contributed by atoms with van der Waals surface area (Å²) in [4.78, 5) is 50.1. The number of ether oxygens (including phenoxy) is 4. The monoisotopic (exact) mass is 1110 g/mol. The Morgan fingerprint density at radius 2 is 1.01 bits per heavy atom. The predicted molar refractivity (Wildman–Crippen MR) is 312 cm³/mol. The first-order valence-electron chi connectivity index (χ1n) is 23.6. The lowest BCUT2D eigenvalue weighted by Crippen LogP contribution is -2.15. The van der Waals surface area contributed by atoms with Gasteiger partial charge in [0, 0.05) is 55.9 Å². The van der Waals surface area contributed by atoms with Crippen LogP contribution in [0.4, 0.5) is 45.5 Å². The molecule has 23 nitrogen and oxygen atoms in total. The van der Waals surface area contributed by atoms with Gasteiger partial charge in [-0.25, -0.2) is 4.79 Å². The molecule has 4 aromatic carbocycles. The summed E-state index contributed by atoms with van der Waals surface area (Å²) in [5, 5.41) is 41.7. The quantitative estimate of drug-likeness (QED) is 0.0398. The third-order valence-corrected chi connectivity index (χ3v) is 11.1. The minimum Gasteiger partial charge on any atom is -0.497 e. The largest absolute Gasteiger partial charge is 0.497 e. The van der Waals surface area contributed by atoms with Crippen molar-refractivity contribution in [1.82, 2.24) is 29.5 Å². The number of hydrogen-bond acceptors (Lipinski definition) is 19. The summed E-state index contributed by atoms with van der Waals surface area (Å²) < 4.78 is 22.1. The number of rotatable bonds is 11. The molecule has 418 valence electrons. The van der Waals surface area contributed by atoms with Gasteiger partial charge in [0.05, 0.1) is 84.8 Å². The van der Waals surface area contributed by atoms with Crippen molar-refractivity contribution in [1.29, 1.82) is 5.26 Å². The SMILES string of the molecule is CC#N.CO.COc1ccc(-n2c(=O)[nH]c3cnccc32)c(C)c1.COc1ccc(N)c(C)c1.COc1ccc(Nc2ccncc2N)c(C)c1.COc1ccc(Nc2ccncc2[N+](=O)[O-])c(C)c1.O=[N+]([O-])c1cnccc1Cl. The van der Waals surface area contributed by atoms with E-state index in [4.69, 9.17) is 52.4 Å². The van der Waals surface area contributed by atoms with Crippen molar-refractivity contribution in [2.45, 2.75) is 34.6 Å². The minimum atomic E-state index is -0.574. The number of aliphatic hydroxyl groups excluding tert-OH is 1. The van der Waals surface area contributed by atoms with Crippen molar-refractivity contribution < 1.29 is 33.9 Å². The number of aliphatic hydroxyl groups is 1. The maximum Gasteiger partial charge on any atom is 0.331 e. The molecule has 0 amide bonds. The molecule has 0 fully saturated rings. The molecule has 80 heavy (non-hydrogen) atoms. The molecule has 9 aromatic rings. The van der Waals surface area contributed by atoms with Gasteiger partial charge in [0.2, 0.25) is 0 Å². The Hall–Kier alpha value is -10.3. The lowest BCUT2D eigenvalue weighted by atomic mass is 10.2. The maximum absolute atomic E-state index is 12.1. The number of fused-ring (bicyclic) bond motifs is 1. The number of aromatic amines is 1. The van der Waals surface area contributed by atoms with E-state index in [0.29, 0.717) is 11.4 Å². The number of anilines is 6. The number of imidazole rings is 1. The van der Waals surface area contributed by atoms with Crippen LogP contribution in [0, 0.1) is 59.3 Å². The van der Waals surface area contributed by atoms with E-state index in [1.165, 1.54) is 31.6 Å². The zero-order valence-electron chi connectivity index (χ0n) is 45.6. The highest BCUT2D eigenvalue weighted by atomic mass is 35.5. The highest BCUT2D eigenvalue weighted by molar-refractivity contribution is 6.32. The zero-order valence-corrected chi connectivity index (χ0v) is 46.3. The van der Waals surface area contributed by atoms with Crippen LogP contribution in [0.1, 0.15) is 29.2 Å². The van der Waals surface area contributed by atoms with E-state index < -0.39 is 9.85 Å². The van der Waals surface area contributed by atoms with E-state index >= 15 is 0 Å². The number of nitrogens with two attached hydrogens (primary N) is 2. The fraction of sp³-hybridized carbons (Fsp3) is 0.179. The first kappa shape index (κ1) is 64.0. The Bertz CT molecular complexity index is 3550. The average molecular weight is 1110 g/mol. The van der Waals surface area contributed by atoms with Crippen LogP contribution in [0.15, 0.2) is 151 Å². The summed E-state index contributed by atoms with van der Waals surface area (Å²) in [6, 6.07) is 30.9. The number of halogens is 1. The van der Waals surface area contributed by atoms with E-state index in [0.717, 1.165) is 98.0 Å². The van der Waals surface area contributed by atoms with Crippen LogP contribution < -0.4 is 46.7 Å². The van der Waals surface area contributed by atoms with Crippen LogP contribution in [0.5, 0.6) is 23.0 Å². The summed E-state index contributed by atoms with van der Waals surface area (Å²) in [6.07, 6.45) is 11.9. The van der Waals surface area contributed by atoms with E-state index in [-0.39, 0.29) is 22.1 Å². The highest BCUT2D eigenvalue weighted by Crippen LogP contribution is 2.30. The minimum absolute atomic E-state index is 0.0577. The molecule has 8 N–H and O–H groups in total. The van der Waals surface area contributed by atoms with Crippen LogP contribution in [0.25, 0.3) is 16.7 Å². The molecule has 0 saturated carbocycles. The van der Waals surface area contributed by atoms with Crippen molar-refractivity contribution in [3.63, 3.8) is 0 Å². The Morgan fingerprint density at radius 1 is 0.588 bits per heavy atom. The lowest BCUT2D eigenvalue weighted by molar-refractivity contribution is -0.385. The number of benzene rings is 4. The third kappa shape index (κ3) is 19.1. The second-order valence-corrected chi connectivity index (χ2v) is 16.5. The van der Waals surface area contributed by atoms with Gasteiger partial charge in [-0.15, -0.1) is 0 Å². The van der Waals surface area contributed by atoms with Crippen LogP contribution in [-0.4, -0.2) is 80.0 Å². The number of nitrogens with zero attached hydrogens (tertiary/aromatic N) is 8. The molecule has 0 bridgehead atoms. The summed E-state index contributed by atoms with van der Waals surface area (Å²) >= 11 is 5.44. The van der Waals surface area contributed by atoms with Crippen molar-refractivity contribution in [2.75, 3.05) is 57.6 Å². The van der Waals surface area contributed by atoms with Crippen molar-refractivity contribution >= 4 is 68.1 Å². The first-order chi connectivity index (χ1) is 38.4. The molecule has 0 radical (unpaired) electrons. The van der Waals surface area contributed by atoms with Crippen LogP contribution in [-0.2, 0) is 0 Å². The zero-order chi connectivity index (χ0) is 59.3. The Morgan fingerprint density at radius 3 is 1.48 bits per heavy atom. The Labute approximate surface area is 466 Å². The number of nitro groups is 2. The van der Waals surface area contributed by atoms with Gasteiger partial charge in [-0.05, 0) is 147 Å². The van der Waals surface area contributed by atoms with Gasteiger partial charge >= 0.3 is 17.1 Å². The third-order valence-electron chi connectivity index (χ3n) is 10.8. The van der Waals surface area contributed by atoms with Gasteiger partial charge in [0.1, 0.15) is 46.1 Å². The van der Waals surface area contributed by atoms with Gasteiger partial charge < -0.3 is 51.1 Å². The highest BCUT2D eigenvalue weighted by Gasteiger charge is 2.15. The summed E-state index contributed by atoms with van der Waals surface area (Å²) in [6.45, 7) is 9.25. The van der Waals surface area contributed by atoms with E-state index in [1.54, 1.807) is 76.0 Å². The number of nitrogen functional groups attached to an aromatic ring is 2. The van der Waals surface area contributed by atoms with Crippen molar-refractivity contribution in [3.05, 3.63) is 205 Å². The standard InChI is InChI=1S/C14H13N3O2.C13H13N3O3.C13H15N3O.C8H11NO.C5H3ClN2O2.C2H3N.CH4O/c1-9-7-10(19-2)3-4-12(9)17-13-5-6-15-8-11(13)16-14(17)18;1-9-7-10(19-2)3-4-11(9)15-12-5-6-14-8-13(12)16(17)18;1-9-7-10(17-2)3-4-12(9)16-13-5-6-15-8-11(13)14;1-6-5-7(10-2)3-4-8(6)9;6-4-1-2-7-3-5(4)8(9)10;1-2-3;1-2/h3-8H,1-2H3,(H,16,18);3-8H,1-2H3,(H,14,15);3-8H,14H2,1-2H3,(H,15,16);3-5H,9H2,1-2H3;1-3H;1H3;2H,1H3. The van der Waals surface area contributed by atoms with Crippen molar-refractivity contribution in [3.8, 4) is 34.8 Å². The normalized spacial score (nSPS) is 9.59.